The van der Waals surface area contributed by atoms with Crippen LogP contribution in [-0.4, -0.2) is 43.5 Å². The molecule has 1 amide bonds. The van der Waals surface area contributed by atoms with Gasteiger partial charge in [-0.3, -0.25) is 4.79 Å². The van der Waals surface area contributed by atoms with Crippen molar-refractivity contribution in [1.29, 1.82) is 0 Å². The molecule has 0 fully saturated rings. The van der Waals surface area contributed by atoms with E-state index in [9.17, 15) is 4.79 Å². The van der Waals surface area contributed by atoms with Crippen LogP contribution in [0, 0.1) is 0 Å². The lowest BCUT2D eigenvalue weighted by atomic mass is 10.2. The normalized spacial score (nSPS) is 10.1. The number of thioether (sulfide) groups is 1. The zero-order valence-corrected chi connectivity index (χ0v) is 12.6. The first-order chi connectivity index (χ1) is 8.10. The molecular formula is C12H16BrNO2S. The Kier molecular flexibility index (Phi) is 5.85. The van der Waals surface area contributed by atoms with Crippen molar-refractivity contribution in [1.82, 2.24) is 4.90 Å². The van der Waals surface area contributed by atoms with Crippen molar-refractivity contribution in [3.05, 3.63) is 28.2 Å². The van der Waals surface area contributed by atoms with Crippen LogP contribution in [0.4, 0.5) is 0 Å². The first-order valence-corrected chi connectivity index (χ1v) is 7.36. The molecule has 0 saturated carbocycles. The van der Waals surface area contributed by atoms with Crippen LogP contribution in [0.3, 0.4) is 0 Å². The summed E-state index contributed by atoms with van der Waals surface area (Å²) in [4.78, 5) is 13.9. The Morgan fingerprint density at radius 2 is 2.24 bits per heavy atom. The summed E-state index contributed by atoms with van der Waals surface area (Å²) >= 11 is 5.11. The number of hydrogen-bond donors (Lipinski definition) is 0. The number of methoxy groups -OCH3 is 1. The number of carbonyl (C=O) groups is 1. The minimum Gasteiger partial charge on any atom is -0.497 e. The third kappa shape index (κ3) is 3.92. The Hall–Kier alpha value is -0.680. The zero-order chi connectivity index (χ0) is 12.8. The summed E-state index contributed by atoms with van der Waals surface area (Å²) in [5, 5.41) is 0. The van der Waals surface area contributed by atoms with Gasteiger partial charge in [0, 0.05) is 23.8 Å². The maximum Gasteiger partial charge on any atom is 0.254 e. The van der Waals surface area contributed by atoms with Crippen LogP contribution in [0.15, 0.2) is 22.7 Å². The number of rotatable bonds is 5. The number of amides is 1. The number of nitrogens with zero attached hydrogens (tertiary/aromatic N) is 1. The molecule has 0 aliphatic rings. The van der Waals surface area contributed by atoms with Crippen LogP contribution in [0.1, 0.15) is 10.4 Å². The molecule has 94 valence electrons. The van der Waals surface area contributed by atoms with Crippen LogP contribution in [-0.2, 0) is 0 Å². The van der Waals surface area contributed by atoms with Crippen LogP contribution in [0.25, 0.3) is 0 Å². The number of halogens is 1. The van der Waals surface area contributed by atoms with Crippen LogP contribution in [0.2, 0.25) is 0 Å². The molecule has 1 aromatic rings. The molecule has 3 nitrogen and oxygen atoms in total. The van der Waals surface area contributed by atoms with Crippen LogP contribution >= 0.6 is 27.7 Å². The molecule has 0 heterocycles. The first-order valence-electron chi connectivity index (χ1n) is 5.18. The lowest BCUT2D eigenvalue weighted by Gasteiger charge is -2.17. The summed E-state index contributed by atoms with van der Waals surface area (Å²) in [5.41, 5.74) is 0.632. The molecule has 0 unspecified atom stereocenters. The molecule has 1 rings (SSSR count). The summed E-state index contributed by atoms with van der Waals surface area (Å²) in [6.07, 6.45) is 2.03. The average Bonchev–Trinajstić information content (AvgIpc) is 2.35. The summed E-state index contributed by atoms with van der Waals surface area (Å²) in [5.74, 6) is 1.63. The fourth-order valence-electron chi connectivity index (χ4n) is 1.33. The number of carbonyl (C=O) groups excluding carboxylic acids is 1. The van der Waals surface area contributed by atoms with Gasteiger partial charge in [-0.1, -0.05) is 0 Å². The van der Waals surface area contributed by atoms with Crippen LogP contribution < -0.4 is 4.74 Å². The molecule has 17 heavy (non-hydrogen) atoms. The van der Waals surface area contributed by atoms with E-state index in [1.54, 1.807) is 29.8 Å². The Balaban J connectivity index is 2.87. The van der Waals surface area contributed by atoms with E-state index >= 15 is 0 Å². The summed E-state index contributed by atoms with van der Waals surface area (Å²) in [6.45, 7) is 0.740. The van der Waals surface area contributed by atoms with Gasteiger partial charge in [0.15, 0.2) is 0 Å². The lowest BCUT2D eigenvalue weighted by Crippen LogP contribution is -2.29. The SMILES string of the molecule is COc1ccc(Br)c(C(=O)N(C)CCSC)c1. The highest BCUT2D eigenvalue weighted by Gasteiger charge is 2.15. The van der Waals surface area contributed by atoms with Gasteiger partial charge in [0.1, 0.15) is 5.75 Å². The second-order valence-electron chi connectivity index (χ2n) is 3.57. The molecule has 0 spiro atoms. The molecule has 0 saturated heterocycles. The zero-order valence-electron chi connectivity index (χ0n) is 10.2. The molecule has 0 radical (unpaired) electrons. The van der Waals surface area contributed by atoms with E-state index in [1.165, 1.54) is 0 Å². The van der Waals surface area contributed by atoms with Gasteiger partial charge in [0.25, 0.3) is 5.91 Å². The highest BCUT2D eigenvalue weighted by molar-refractivity contribution is 9.10. The van der Waals surface area contributed by atoms with E-state index in [-0.39, 0.29) is 5.91 Å². The van der Waals surface area contributed by atoms with E-state index in [2.05, 4.69) is 15.9 Å². The molecular weight excluding hydrogens is 302 g/mol. The molecule has 0 atom stereocenters. The number of ether oxygens (including phenoxy) is 1. The topological polar surface area (TPSA) is 29.5 Å². The molecule has 0 bridgehead atoms. The van der Waals surface area contributed by atoms with Crippen molar-refractivity contribution in [2.75, 3.05) is 32.7 Å². The van der Waals surface area contributed by atoms with Crippen molar-refractivity contribution in [3.63, 3.8) is 0 Å². The van der Waals surface area contributed by atoms with E-state index in [0.29, 0.717) is 11.3 Å². The third-order valence-electron chi connectivity index (χ3n) is 2.38. The Bertz CT molecular complexity index is 398. The van der Waals surface area contributed by atoms with Gasteiger partial charge >= 0.3 is 0 Å². The molecule has 1 aromatic carbocycles. The molecule has 0 aliphatic carbocycles. The van der Waals surface area contributed by atoms with Crippen molar-refractivity contribution >= 4 is 33.6 Å². The fraction of sp³-hybridized carbons (Fsp3) is 0.417. The van der Waals surface area contributed by atoms with E-state index < -0.39 is 0 Å². The Labute approximate surface area is 115 Å². The summed E-state index contributed by atoms with van der Waals surface area (Å²) in [6, 6.07) is 5.40. The Morgan fingerprint density at radius 3 is 2.82 bits per heavy atom. The smallest absolute Gasteiger partial charge is 0.254 e. The largest absolute Gasteiger partial charge is 0.497 e. The van der Waals surface area contributed by atoms with Gasteiger partial charge in [-0.25, -0.2) is 0 Å². The predicted molar refractivity (Wildman–Crippen MR) is 76.0 cm³/mol. The minimum absolute atomic E-state index is 0.00447. The second kappa shape index (κ2) is 6.91. The highest BCUT2D eigenvalue weighted by atomic mass is 79.9. The molecule has 0 aliphatic heterocycles. The summed E-state index contributed by atoms with van der Waals surface area (Å²) < 4.78 is 5.92. The van der Waals surface area contributed by atoms with Crippen molar-refractivity contribution in [2.45, 2.75) is 0 Å². The van der Waals surface area contributed by atoms with Gasteiger partial charge in [-0.15, -0.1) is 0 Å². The van der Waals surface area contributed by atoms with Gasteiger partial charge in [0.2, 0.25) is 0 Å². The summed E-state index contributed by atoms with van der Waals surface area (Å²) in [7, 11) is 3.40. The average molecular weight is 318 g/mol. The van der Waals surface area contributed by atoms with E-state index in [4.69, 9.17) is 4.74 Å². The van der Waals surface area contributed by atoms with Gasteiger partial charge in [-0.2, -0.15) is 11.8 Å². The predicted octanol–water partition coefficient (Wildman–Crippen LogP) is 2.89. The fourth-order valence-corrected chi connectivity index (χ4v) is 2.20. The Morgan fingerprint density at radius 1 is 1.53 bits per heavy atom. The van der Waals surface area contributed by atoms with Gasteiger partial charge < -0.3 is 9.64 Å². The standard InChI is InChI=1S/C12H16BrNO2S/c1-14(6-7-17-3)12(15)10-8-9(16-2)4-5-11(10)13/h4-5,8H,6-7H2,1-3H3. The van der Waals surface area contributed by atoms with Crippen LogP contribution in [0.5, 0.6) is 5.75 Å². The lowest BCUT2D eigenvalue weighted by molar-refractivity contribution is 0.0802. The van der Waals surface area contributed by atoms with E-state index in [0.717, 1.165) is 16.8 Å². The molecule has 5 heteroatoms. The molecule has 0 N–H and O–H groups in total. The number of benzene rings is 1. The van der Waals surface area contributed by atoms with Gasteiger partial charge in [0.05, 0.1) is 12.7 Å². The van der Waals surface area contributed by atoms with Crippen molar-refractivity contribution in [3.8, 4) is 5.75 Å². The minimum atomic E-state index is 0.00447. The quantitative estimate of drug-likeness (QED) is 0.836. The third-order valence-corrected chi connectivity index (χ3v) is 3.66. The van der Waals surface area contributed by atoms with Crippen molar-refractivity contribution in [2.24, 2.45) is 0 Å². The first kappa shape index (κ1) is 14.4. The van der Waals surface area contributed by atoms with Crippen molar-refractivity contribution < 1.29 is 9.53 Å². The van der Waals surface area contributed by atoms with E-state index in [1.807, 2.05) is 25.4 Å². The van der Waals surface area contributed by atoms with Gasteiger partial charge in [-0.05, 0) is 40.4 Å². The maximum absolute atomic E-state index is 12.2. The number of hydrogen-bond acceptors (Lipinski definition) is 3. The molecule has 0 aromatic heterocycles. The monoisotopic (exact) mass is 317 g/mol. The highest BCUT2D eigenvalue weighted by Crippen LogP contribution is 2.23. The second-order valence-corrected chi connectivity index (χ2v) is 5.41. The maximum atomic E-state index is 12.2.